The third-order valence-electron chi connectivity index (χ3n) is 3.43. The summed E-state index contributed by atoms with van der Waals surface area (Å²) in [6.45, 7) is 4.05. The highest BCUT2D eigenvalue weighted by Crippen LogP contribution is 2.42. The van der Waals surface area contributed by atoms with Crippen LogP contribution in [0.15, 0.2) is 52.3 Å². The third-order valence-corrected chi connectivity index (χ3v) is 4.58. The topological polar surface area (TPSA) is 49.3 Å². The summed E-state index contributed by atoms with van der Waals surface area (Å²) in [4.78, 5) is 13.3. The predicted octanol–water partition coefficient (Wildman–Crippen LogP) is 4.63. The minimum atomic E-state index is -0.913. The minimum absolute atomic E-state index is 0.291. The number of carbonyl (C=O) groups is 1. The van der Waals surface area contributed by atoms with Crippen LogP contribution in [0.1, 0.15) is 28.4 Å². The lowest BCUT2D eigenvalue weighted by molar-refractivity contribution is 0.0697. The average molecular weight is 297 g/mol. The van der Waals surface area contributed by atoms with Crippen LogP contribution in [0.2, 0.25) is 0 Å². The molecule has 1 aliphatic rings. The first-order chi connectivity index (χ1) is 10.1. The summed E-state index contributed by atoms with van der Waals surface area (Å²) in [6.07, 6.45) is 2.02. The van der Waals surface area contributed by atoms with Gasteiger partial charge in [-0.25, -0.2) is 4.79 Å². The Morgan fingerprint density at radius 1 is 1.19 bits per heavy atom. The van der Waals surface area contributed by atoms with Gasteiger partial charge in [0.1, 0.15) is 0 Å². The SMILES string of the molecule is CC=C1Nc2cc(C(=O)O)ccc2Sc2ccc(C)cc21. The van der Waals surface area contributed by atoms with Gasteiger partial charge in [-0.1, -0.05) is 29.5 Å². The average Bonchev–Trinajstić information content (AvgIpc) is 2.62. The smallest absolute Gasteiger partial charge is 0.335 e. The van der Waals surface area contributed by atoms with Crippen molar-refractivity contribution in [1.82, 2.24) is 0 Å². The van der Waals surface area contributed by atoms with Gasteiger partial charge < -0.3 is 10.4 Å². The lowest BCUT2D eigenvalue weighted by Crippen LogP contribution is -2.01. The first-order valence-electron chi connectivity index (χ1n) is 6.68. The lowest BCUT2D eigenvalue weighted by Gasteiger charge is -2.11. The Morgan fingerprint density at radius 2 is 1.95 bits per heavy atom. The molecule has 2 N–H and O–H groups in total. The monoisotopic (exact) mass is 297 g/mol. The van der Waals surface area contributed by atoms with Crippen LogP contribution in [0.3, 0.4) is 0 Å². The molecule has 0 aromatic heterocycles. The maximum absolute atomic E-state index is 11.1. The number of benzene rings is 2. The molecule has 4 heteroatoms. The summed E-state index contributed by atoms with van der Waals surface area (Å²) in [5.41, 5.74) is 4.48. The van der Waals surface area contributed by atoms with Crippen LogP contribution in [0.4, 0.5) is 5.69 Å². The number of aromatic carboxylic acids is 1. The van der Waals surface area contributed by atoms with E-state index < -0.39 is 5.97 Å². The molecule has 0 unspecified atom stereocenters. The van der Waals surface area contributed by atoms with Crippen LogP contribution in [-0.2, 0) is 0 Å². The van der Waals surface area contributed by atoms with Crippen LogP contribution in [0, 0.1) is 6.92 Å². The molecule has 106 valence electrons. The Bertz CT molecular complexity index is 765. The normalized spacial score (nSPS) is 14.9. The summed E-state index contributed by atoms with van der Waals surface area (Å²) in [5, 5.41) is 12.5. The Morgan fingerprint density at radius 3 is 2.67 bits per heavy atom. The van der Waals surface area contributed by atoms with Crippen molar-refractivity contribution >= 4 is 29.1 Å². The van der Waals surface area contributed by atoms with Gasteiger partial charge >= 0.3 is 5.97 Å². The number of allylic oxidation sites excluding steroid dienone is 1. The van der Waals surface area contributed by atoms with Crippen molar-refractivity contribution in [3.63, 3.8) is 0 Å². The number of hydrogen-bond acceptors (Lipinski definition) is 3. The quantitative estimate of drug-likeness (QED) is 0.805. The third kappa shape index (κ3) is 2.54. The van der Waals surface area contributed by atoms with Crippen LogP contribution in [-0.4, -0.2) is 11.1 Å². The lowest BCUT2D eigenvalue weighted by atomic mass is 10.1. The molecule has 1 heterocycles. The predicted molar refractivity (Wildman–Crippen MR) is 86.0 cm³/mol. The molecule has 0 saturated heterocycles. The summed E-state index contributed by atoms with van der Waals surface area (Å²) in [5.74, 6) is -0.913. The molecule has 0 amide bonds. The van der Waals surface area contributed by atoms with Gasteiger partial charge in [-0.05, 0) is 44.2 Å². The summed E-state index contributed by atoms with van der Waals surface area (Å²) >= 11 is 1.66. The fourth-order valence-corrected chi connectivity index (χ4v) is 3.36. The van der Waals surface area contributed by atoms with Crippen molar-refractivity contribution < 1.29 is 9.90 Å². The Hall–Kier alpha value is -2.20. The van der Waals surface area contributed by atoms with Gasteiger partial charge in [-0.3, -0.25) is 0 Å². The number of hydrogen-bond donors (Lipinski definition) is 2. The number of nitrogens with one attached hydrogen (secondary N) is 1. The van der Waals surface area contributed by atoms with E-state index in [2.05, 4.69) is 30.4 Å². The molecule has 0 bridgehead atoms. The second-order valence-electron chi connectivity index (χ2n) is 4.95. The fourth-order valence-electron chi connectivity index (χ4n) is 2.35. The zero-order valence-corrected chi connectivity index (χ0v) is 12.6. The van der Waals surface area contributed by atoms with E-state index in [1.807, 2.05) is 19.1 Å². The van der Waals surface area contributed by atoms with E-state index in [0.29, 0.717) is 5.56 Å². The second kappa shape index (κ2) is 5.30. The molecule has 2 aromatic carbocycles. The number of carboxylic acids is 1. The molecule has 0 atom stereocenters. The van der Waals surface area contributed by atoms with Crippen molar-refractivity contribution in [3.05, 3.63) is 59.2 Å². The van der Waals surface area contributed by atoms with E-state index in [1.165, 1.54) is 10.5 Å². The maximum Gasteiger partial charge on any atom is 0.335 e. The van der Waals surface area contributed by atoms with Crippen LogP contribution in [0.25, 0.3) is 5.70 Å². The molecule has 2 aromatic rings. The van der Waals surface area contributed by atoms with Crippen molar-refractivity contribution in [2.75, 3.05) is 5.32 Å². The van der Waals surface area contributed by atoms with E-state index in [9.17, 15) is 4.79 Å². The first-order valence-corrected chi connectivity index (χ1v) is 7.49. The number of aryl methyl sites for hydroxylation is 1. The maximum atomic E-state index is 11.1. The molecule has 0 spiro atoms. The van der Waals surface area contributed by atoms with Gasteiger partial charge in [0.15, 0.2) is 0 Å². The van der Waals surface area contributed by atoms with E-state index in [1.54, 1.807) is 23.9 Å². The Balaban J connectivity index is 2.15. The first kappa shape index (κ1) is 13.8. The number of fused-ring (bicyclic) bond motifs is 2. The fraction of sp³-hybridized carbons (Fsp3) is 0.118. The molecular weight excluding hydrogens is 282 g/mol. The molecule has 1 aliphatic heterocycles. The van der Waals surface area contributed by atoms with Crippen LogP contribution in [0.5, 0.6) is 0 Å². The molecule has 0 radical (unpaired) electrons. The van der Waals surface area contributed by atoms with Gasteiger partial charge in [0.25, 0.3) is 0 Å². The van der Waals surface area contributed by atoms with Crippen molar-refractivity contribution in [3.8, 4) is 0 Å². The number of anilines is 1. The van der Waals surface area contributed by atoms with Crippen molar-refractivity contribution in [2.24, 2.45) is 0 Å². The largest absolute Gasteiger partial charge is 0.478 e. The highest BCUT2D eigenvalue weighted by atomic mass is 32.2. The zero-order valence-electron chi connectivity index (χ0n) is 11.8. The van der Waals surface area contributed by atoms with Gasteiger partial charge in [-0.15, -0.1) is 0 Å². The Labute approximate surface area is 127 Å². The molecule has 0 fully saturated rings. The van der Waals surface area contributed by atoms with Gasteiger partial charge in [0, 0.05) is 21.1 Å². The van der Waals surface area contributed by atoms with Gasteiger partial charge in [0.2, 0.25) is 0 Å². The molecule has 0 saturated carbocycles. The van der Waals surface area contributed by atoms with Crippen LogP contribution >= 0.6 is 11.8 Å². The van der Waals surface area contributed by atoms with E-state index >= 15 is 0 Å². The van der Waals surface area contributed by atoms with E-state index in [0.717, 1.165) is 21.8 Å². The Kier molecular flexibility index (Phi) is 3.47. The number of carboxylic acid groups (broad SMARTS) is 1. The summed E-state index contributed by atoms with van der Waals surface area (Å²) in [6, 6.07) is 11.5. The van der Waals surface area contributed by atoms with Gasteiger partial charge in [-0.2, -0.15) is 0 Å². The van der Waals surface area contributed by atoms with Gasteiger partial charge in [0.05, 0.1) is 11.3 Å². The molecule has 3 nitrogen and oxygen atoms in total. The zero-order chi connectivity index (χ0) is 15.0. The van der Waals surface area contributed by atoms with Crippen molar-refractivity contribution in [1.29, 1.82) is 0 Å². The molecule has 0 aliphatic carbocycles. The van der Waals surface area contributed by atoms with Crippen molar-refractivity contribution in [2.45, 2.75) is 23.6 Å². The standard InChI is InChI=1S/C17H15NO2S/c1-3-13-12-8-10(2)4-6-15(12)21-16-7-5-11(17(19)20)9-14(16)18-13/h3-9,18H,1-2H3,(H,19,20). The highest BCUT2D eigenvalue weighted by molar-refractivity contribution is 7.99. The molecule has 21 heavy (non-hydrogen) atoms. The van der Waals surface area contributed by atoms with E-state index in [4.69, 9.17) is 5.11 Å². The number of rotatable bonds is 1. The van der Waals surface area contributed by atoms with Crippen LogP contribution < -0.4 is 5.32 Å². The molecular formula is C17H15NO2S. The summed E-state index contributed by atoms with van der Waals surface area (Å²) < 4.78 is 0. The molecule has 3 rings (SSSR count). The highest BCUT2D eigenvalue weighted by Gasteiger charge is 2.18. The minimum Gasteiger partial charge on any atom is -0.478 e. The van der Waals surface area contributed by atoms with E-state index in [-0.39, 0.29) is 0 Å². The summed E-state index contributed by atoms with van der Waals surface area (Å²) in [7, 11) is 0. The second-order valence-corrected chi connectivity index (χ2v) is 6.03.